The molecule has 1 aromatic rings. The van der Waals surface area contributed by atoms with Gasteiger partial charge in [-0.3, -0.25) is 9.11 Å². The quantitative estimate of drug-likeness (QED) is 0.341. The van der Waals surface area contributed by atoms with E-state index in [1.165, 1.54) is 12.1 Å². The van der Waals surface area contributed by atoms with E-state index >= 15 is 0 Å². The van der Waals surface area contributed by atoms with Crippen LogP contribution in [0.5, 0.6) is 0 Å². The predicted octanol–water partition coefficient (Wildman–Crippen LogP) is -0.782. The molecule has 0 radical (unpaired) electrons. The zero-order valence-corrected chi connectivity index (χ0v) is 17.5. The molecule has 128 valence electrons. The van der Waals surface area contributed by atoms with E-state index in [1.54, 1.807) is 12.1 Å². The van der Waals surface area contributed by atoms with Crippen molar-refractivity contribution in [2.45, 2.75) is 31.2 Å². The summed E-state index contributed by atoms with van der Waals surface area (Å²) in [6, 6.07) is 5.73. The fourth-order valence-electron chi connectivity index (χ4n) is 1.28. The predicted molar refractivity (Wildman–Crippen MR) is 84.6 cm³/mol. The molecule has 3 N–H and O–H groups in total. The van der Waals surface area contributed by atoms with Gasteiger partial charge in [0.2, 0.25) is 10.0 Å². The zero-order valence-electron chi connectivity index (χ0n) is 13.1. The summed E-state index contributed by atoms with van der Waals surface area (Å²) >= 11 is 5.71. The second-order valence-corrected chi connectivity index (χ2v) is 7.56. The van der Waals surface area contributed by atoms with Gasteiger partial charge in [0.1, 0.15) is 0 Å². The molecule has 0 aromatic heterocycles. The molecule has 0 fully saturated rings. The maximum absolute atomic E-state index is 12.0. The van der Waals surface area contributed by atoms with Gasteiger partial charge in [-0.25, -0.2) is 13.1 Å². The number of halogens is 1. The Hall–Kier alpha value is 0.290. The standard InChI is InChI=1S/C12H17ClNO2S.Na.H2O4S/c1-4-9(2)10(3)14-17(15,16)12-7-5-11(13)6-8-12;;1-5(2,3)4/h5-10,14H,3-4H2,1-2H3;;(H2,1,2,3,4)/q-1;+1;/t9-,10+;;/m0../s1. The van der Waals surface area contributed by atoms with Crippen LogP contribution in [0.1, 0.15) is 20.3 Å². The van der Waals surface area contributed by atoms with Crippen molar-refractivity contribution in [3.05, 3.63) is 36.2 Å². The van der Waals surface area contributed by atoms with Crippen molar-refractivity contribution < 1.29 is 55.5 Å². The Morgan fingerprint density at radius 3 is 1.91 bits per heavy atom. The van der Waals surface area contributed by atoms with Crippen LogP contribution in [-0.2, 0) is 20.4 Å². The molecule has 0 aliphatic heterocycles. The van der Waals surface area contributed by atoms with Gasteiger partial charge in [-0.2, -0.15) is 8.42 Å². The van der Waals surface area contributed by atoms with Gasteiger partial charge in [0.05, 0.1) is 4.90 Å². The summed E-state index contributed by atoms with van der Waals surface area (Å²) in [5.41, 5.74) is 0. The summed E-state index contributed by atoms with van der Waals surface area (Å²) in [4.78, 5) is 0.207. The molecule has 0 saturated carbocycles. The van der Waals surface area contributed by atoms with Crippen molar-refractivity contribution in [2.24, 2.45) is 5.92 Å². The van der Waals surface area contributed by atoms with Crippen LogP contribution in [0, 0.1) is 12.8 Å². The van der Waals surface area contributed by atoms with Gasteiger partial charge in [-0.1, -0.05) is 37.8 Å². The van der Waals surface area contributed by atoms with E-state index in [0.717, 1.165) is 6.42 Å². The molecule has 0 aliphatic carbocycles. The van der Waals surface area contributed by atoms with E-state index in [9.17, 15) is 8.42 Å². The molecule has 2 atom stereocenters. The molecule has 11 heteroatoms. The Balaban J connectivity index is 0. The molecule has 1 rings (SSSR count). The maximum atomic E-state index is 12.0. The monoisotopic (exact) mass is 395 g/mol. The van der Waals surface area contributed by atoms with Crippen molar-refractivity contribution in [3.63, 3.8) is 0 Å². The van der Waals surface area contributed by atoms with Crippen LogP contribution in [0.4, 0.5) is 0 Å². The topological polar surface area (TPSA) is 121 Å². The minimum atomic E-state index is -4.67. The maximum Gasteiger partial charge on any atom is 1.00 e. The van der Waals surface area contributed by atoms with Crippen molar-refractivity contribution in [1.82, 2.24) is 4.72 Å². The third-order valence-corrected chi connectivity index (χ3v) is 4.52. The Kier molecular flexibility index (Phi) is 12.2. The van der Waals surface area contributed by atoms with Gasteiger partial charge in [-0.05, 0) is 24.3 Å². The molecule has 1 aromatic carbocycles. The summed E-state index contributed by atoms with van der Waals surface area (Å²) in [7, 11) is -8.17. The smallest absolute Gasteiger partial charge is 0.325 e. The van der Waals surface area contributed by atoms with Crippen molar-refractivity contribution >= 4 is 32.0 Å². The van der Waals surface area contributed by atoms with Crippen LogP contribution in [-0.4, -0.2) is 32.0 Å². The zero-order chi connectivity index (χ0) is 17.6. The van der Waals surface area contributed by atoms with Crippen molar-refractivity contribution in [2.75, 3.05) is 0 Å². The van der Waals surface area contributed by atoms with Crippen LogP contribution in [0.15, 0.2) is 29.2 Å². The van der Waals surface area contributed by atoms with Crippen LogP contribution < -0.4 is 34.3 Å². The largest absolute Gasteiger partial charge is 1.00 e. The molecular weight excluding hydrogens is 377 g/mol. The summed E-state index contributed by atoms with van der Waals surface area (Å²) < 4.78 is 58.1. The first-order valence-electron chi connectivity index (χ1n) is 6.17. The molecule has 0 spiro atoms. The number of hydrogen-bond donors (Lipinski definition) is 3. The second-order valence-electron chi connectivity index (χ2n) is 4.52. The van der Waals surface area contributed by atoms with Crippen LogP contribution in [0.2, 0.25) is 5.02 Å². The summed E-state index contributed by atoms with van der Waals surface area (Å²) in [6.07, 6.45) is 0.872. The molecule has 0 saturated heterocycles. The number of hydrogen-bond acceptors (Lipinski definition) is 4. The average molecular weight is 396 g/mol. The Bertz CT molecular complexity index is 655. The molecule has 23 heavy (non-hydrogen) atoms. The third-order valence-electron chi connectivity index (χ3n) is 2.76. The normalized spacial score (nSPS) is 14.0. The molecule has 0 bridgehead atoms. The molecular formula is C12H19ClNNaO6S2. The Labute approximate surface area is 164 Å². The van der Waals surface area contributed by atoms with Gasteiger partial charge in [0.25, 0.3) is 0 Å². The van der Waals surface area contributed by atoms with Gasteiger partial charge < -0.3 is 6.92 Å². The Morgan fingerprint density at radius 2 is 1.57 bits per heavy atom. The first-order valence-corrected chi connectivity index (χ1v) is 9.43. The minimum Gasteiger partial charge on any atom is -0.325 e. The van der Waals surface area contributed by atoms with Gasteiger partial charge >= 0.3 is 40.0 Å². The summed E-state index contributed by atoms with van der Waals surface area (Å²) in [6.45, 7) is 7.78. The van der Waals surface area contributed by atoms with Gasteiger partial charge in [0, 0.05) is 5.02 Å². The van der Waals surface area contributed by atoms with E-state index in [2.05, 4.69) is 11.6 Å². The molecule has 0 unspecified atom stereocenters. The number of nitrogens with one attached hydrogen (secondary N) is 1. The molecule has 7 nitrogen and oxygen atoms in total. The van der Waals surface area contributed by atoms with E-state index in [0.29, 0.717) is 5.02 Å². The van der Waals surface area contributed by atoms with Gasteiger partial charge in [-0.15, -0.1) is 6.04 Å². The fourth-order valence-corrected chi connectivity index (χ4v) is 2.67. The van der Waals surface area contributed by atoms with Crippen molar-refractivity contribution in [1.29, 1.82) is 0 Å². The molecule has 0 amide bonds. The summed E-state index contributed by atoms with van der Waals surface area (Å²) in [5, 5.41) is 0.511. The van der Waals surface area contributed by atoms with Crippen LogP contribution >= 0.6 is 11.6 Å². The second kappa shape index (κ2) is 11.0. The number of benzene rings is 1. The van der Waals surface area contributed by atoms with Crippen LogP contribution in [0.3, 0.4) is 0 Å². The first-order chi connectivity index (χ1) is 9.86. The van der Waals surface area contributed by atoms with Crippen molar-refractivity contribution in [3.8, 4) is 0 Å². The van der Waals surface area contributed by atoms with E-state index in [4.69, 9.17) is 29.1 Å². The van der Waals surface area contributed by atoms with Gasteiger partial charge in [0.15, 0.2) is 0 Å². The fraction of sp³-hybridized carbons (Fsp3) is 0.417. The van der Waals surface area contributed by atoms with E-state index in [1.807, 2.05) is 13.8 Å². The van der Waals surface area contributed by atoms with E-state index < -0.39 is 20.4 Å². The van der Waals surface area contributed by atoms with E-state index in [-0.39, 0.29) is 46.4 Å². The Morgan fingerprint density at radius 1 is 1.17 bits per heavy atom. The number of rotatable bonds is 5. The summed E-state index contributed by atoms with van der Waals surface area (Å²) in [5.74, 6) is 0.192. The van der Waals surface area contributed by atoms with Crippen LogP contribution in [0.25, 0.3) is 0 Å². The average Bonchev–Trinajstić information content (AvgIpc) is 2.35. The minimum absolute atomic E-state index is 0. The molecule has 0 heterocycles. The number of sulfonamides is 1. The first kappa shape index (κ1) is 25.5. The third kappa shape index (κ3) is 12.3. The molecule has 0 aliphatic rings. The SMILES string of the molecule is O=S(=O)(O)O.[CH2-][C@@H](NS(=O)(=O)c1ccc(Cl)cc1)[C@@H](C)CC.[Na+].